The molecular formula is C34H38N2O5S. The van der Waals surface area contributed by atoms with Gasteiger partial charge < -0.3 is 10.1 Å². The van der Waals surface area contributed by atoms with Gasteiger partial charge in [0.05, 0.1) is 11.1 Å². The van der Waals surface area contributed by atoms with Crippen LogP contribution in [0.2, 0.25) is 0 Å². The first-order chi connectivity index (χ1) is 20.0. The molecule has 0 bridgehead atoms. The highest BCUT2D eigenvalue weighted by molar-refractivity contribution is 7.90. The van der Waals surface area contributed by atoms with Gasteiger partial charge in [-0.05, 0) is 60.8 Å². The lowest BCUT2D eigenvalue weighted by molar-refractivity contribution is -0.126. The van der Waals surface area contributed by atoms with Gasteiger partial charge in [0.1, 0.15) is 29.0 Å². The van der Waals surface area contributed by atoms with Crippen LogP contribution < -0.4 is 10.1 Å². The van der Waals surface area contributed by atoms with Crippen molar-refractivity contribution in [3.8, 4) is 5.75 Å². The quantitative estimate of drug-likeness (QED) is 0.258. The highest BCUT2D eigenvalue weighted by Gasteiger charge is 2.53. The summed E-state index contributed by atoms with van der Waals surface area (Å²) in [5.74, 6) is -1.09. The maximum absolute atomic E-state index is 14.6. The summed E-state index contributed by atoms with van der Waals surface area (Å²) < 4.78 is 36.9. The van der Waals surface area contributed by atoms with Crippen LogP contribution in [0.15, 0.2) is 82.1 Å². The molecule has 0 aromatic heterocycles. The maximum atomic E-state index is 14.6. The van der Waals surface area contributed by atoms with Crippen LogP contribution in [-0.2, 0) is 26.8 Å². The largest absolute Gasteiger partial charge is 0.489 e. The van der Waals surface area contributed by atoms with Gasteiger partial charge in [-0.25, -0.2) is 0 Å². The van der Waals surface area contributed by atoms with Crippen LogP contribution in [-0.4, -0.2) is 25.8 Å². The molecular weight excluding hydrogens is 548 g/mol. The molecule has 0 fully saturated rings. The summed E-state index contributed by atoms with van der Waals surface area (Å²) in [6, 6.07) is 21.6. The van der Waals surface area contributed by atoms with Crippen molar-refractivity contribution < 1.29 is 22.7 Å². The number of ether oxygens (including phenoxy) is 1. The molecule has 0 amide bonds. The van der Waals surface area contributed by atoms with Crippen molar-refractivity contribution in [3.63, 3.8) is 0 Å². The van der Waals surface area contributed by atoms with E-state index in [4.69, 9.17) is 4.74 Å². The number of nitrogens with zero attached hydrogens (tertiary/aromatic N) is 1. The second-order valence-corrected chi connectivity index (χ2v) is 13.7. The van der Waals surface area contributed by atoms with E-state index in [-0.39, 0.29) is 28.8 Å². The molecule has 1 unspecified atom stereocenters. The van der Waals surface area contributed by atoms with Crippen molar-refractivity contribution in [1.29, 1.82) is 0 Å². The number of fused-ring (bicyclic) bond motifs is 2. The third-order valence-corrected chi connectivity index (χ3v) is 9.57. The van der Waals surface area contributed by atoms with Crippen molar-refractivity contribution in [1.82, 2.24) is 0 Å². The normalized spacial score (nSPS) is 18.7. The van der Waals surface area contributed by atoms with Gasteiger partial charge in [-0.2, -0.15) is 8.42 Å². The molecule has 1 N–H and O–H groups in total. The number of hydrogen-bond donors (Lipinski definition) is 1. The average Bonchev–Trinajstić information content (AvgIpc) is 2.96. The van der Waals surface area contributed by atoms with Gasteiger partial charge in [0.25, 0.3) is 10.0 Å². The van der Waals surface area contributed by atoms with Gasteiger partial charge in [-0.3, -0.25) is 9.59 Å². The van der Waals surface area contributed by atoms with E-state index in [2.05, 4.69) is 37.4 Å². The molecule has 1 aliphatic heterocycles. The molecule has 1 aliphatic carbocycles. The van der Waals surface area contributed by atoms with Gasteiger partial charge in [-0.15, -0.1) is 4.40 Å². The highest BCUT2D eigenvalue weighted by Crippen LogP contribution is 2.46. The van der Waals surface area contributed by atoms with E-state index in [1.54, 1.807) is 24.3 Å². The molecule has 7 nitrogen and oxygen atoms in total. The van der Waals surface area contributed by atoms with Gasteiger partial charge in [0.2, 0.25) is 0 Å². The van der Waals surface area contributed by atoms with E-state index in [1.807, 2.05) is 42.5 Å². The van der Waals surface area contributed by atoms with E-state index >= 15 is 0 Å². The number of nitrogens with one attached hydrogen (secondary N) is 1. The van der Waals surface area contributed by atoms with Crippen LogP contribution >= 0.6 is 0 Å². The standard InChI is InChI=1S/C34H38N2O5S/c1-22(2)16-18-34(19-17-23(3)4)27-13-9-8-12-26(27)31(37)30(32(34)38)33-35-28-15-14-25(20-29(28)42(39,40)36-33)41-21-24-10-6-5-7-11-24/h5-15,20,22-23,30H,16-19,21H2,1-4H3,(H,35,36). The van der Waals surface area contributed by atoms with Gasteiger partial charge in [-0.1, -0.05) is 82.3 Å². The van der Waals surface area contributed by atoms with Crippen LogP contribution in [0.1, 0.15) is 74.9 Å². The SMILES string of the molecule is CC(C)CCC1(CCC(C)C)C(=O)C(C2=NS(=O)(=O)c3cc(OCc4ccccc4)ccc3N2)C(=O)c2ccccc21. The number of rotatable bonds is 10. The molecule has 0 spiro atoms. The molecule has 3 aromatic rings. The predicted molar refractivity (Wildman–Crippen MR) is 165 cm³/mol. The van der Waals surface area contributed by atoms with Crippen molar-refractivity contribution in [3.05, 3.63) is 89.5 Å². The maximum Gasteiger partial charge on any atom is 0.286 e. The molecule has 3 aromatic carbocycles. The number of hydrogen-bond acceptors (Lipinski definition) is 6. The predicted octanol–water partition coefficient (Wildman–Crippen LogP) is 6.97. The van der Waals surface area contributed by atoms with Gasteiger partial charge >= 0.3 is 0 Å². The first kappa shape index (κ1) is 29.7. The summed E-state index contributed by atoms with van der Waals surface area (Å²) >= 11 is 0. The Morgan fingerprint density at radius 2 is 1.52 bits per heavy atom. The summed E-state index contributed by atoms with van der Waals surface area (Å²) in [6.45, 7) is 8.75. The van der Waals surface area contributed by atoms with Crippen molar-refractivity contribution >= 4 is 33.1 Å². The molecule has 1 heterocycles. The smallest absolute Gasteiger partial charge is 0.286 e. The van der Waals surface area contributed by atoms with Crippen LogP contribution in [0.25, 0.3) is 0 Å². The van der Waals surface area contributed by atoms with Gasteiger partial charge in [0, 0.05) is 11.6 Å². The van der Waals surface area contributed by atoms with Crippen LogP contribution in [0.4, 0.5) is 5.69 Å². The highest BCUT2D eigenvalue weighted by atomic mass is 32.2. The Balaban J connectivity index is 1.52. The molecule has 0 radical (unpaired) electrons. The molecule has 2 aliphatic rings. The first-order valence-corrected chi connectivity index (χ1v) is 16.1. The third-order valence-electron chi connectivity index (χ3n) is 8.24. The van der Waals surface area contributed by atoms with E-state index in [0.29, 0.717) is 36.0 Å². The molecule has 8 heteroatoms. The van der Waals surface area contributed by atoms with E-state index < -0.39 is 27.1 Å². The molecule has 5 rings (SSSR count). The number of Topliss-reactive ketones (excluding diaryl/α,β-unsaturated/α-hetero) is 2. The topological polar surface area (TPSA) is 102 Å². The Bertz CT molecular complexity index is 1610. The summed E-state index contributed by atoms with van der Waals surface area (Å²) in [6.07, 6.45) is 2.75. The number of benzene rings is 3. The minimum absolute atomic E-state index is 0.0567. The second-order valence-electron chi connectivity index (χ2n) is 12.2. The minimum Gasteiger partial charge on any atom is -0.489 e. The third kappa shape index (κ3) is 5.77. The van der Waals surface area contributed by atoms with Crippen LogP contribution in [0.5, 0.6) is 5.75 Å². The average molecular weight is 587 g/mol. The lowest BCUT2D eigenvalue weighted by atomic mass is 9.59. The Morgan fingerprint density at radius 3 is 2.19 bits per heavy atom. The molecule has 42 heavy (non-hydrogen) atoms. The monoisotopic (exact) mass is 586 g/mol. The zero-order chi connectivity index (χ0) is 30.1. The molecule has 0 saturated heterocycles. The summed E-state index contributed by atoms with van der Waals surface area (Å²) in [4.78, 5) is 28.5. The zero-order valence-electron chi connectivity index (χ0n) is 24.6. The van der Waals surface area contributed by atoms with Crippen molar-refractivity contribution in [2.45, 2.75) is 70.3 Å². The Kier molecular flexibility index (Phi) is 8.37. The zero-order valence-corrected chi connectivity index (χ0v) is 25.4. The van der Waals surface area contributed by atoms with E-state index in [9.17, 15) is 18.0 Å². The van der Waals surface area contributed by atoms with Crippen molar-refractivity contribution in [2.24, 2.45) is 22.2 Å². The number of carbonyl (C=O) groups excluding carboxylic acids is 2. The summed E-state index contributed by atoms with van der Waals surface area (Å²) in [7, 11) is -4.22. The van der Waals surface area contributed by atoms with E-state index in [0.717, 1.165) is 24.0 Å². The number of ketones is 2. The first-order valence-electron chi connectivity index (χ1n) is 14.6. The lowest BCUT2D eigenvalue weighted by Crippen LogP contribution is -2.53. The fourth-order valence-corrected chi connectivity index (χ4v) is 7.04. The number of anilines is 1. The van der Waals surface area contributed by atoms with Gasteiger partial charge in [0.15, 0.2) is 11.6 Å². The van der Waals surface area contributed by atoms with Crippen molar-refractivity contribution in [2.75, 3.05) is 5.32 Å². The number of sulfonamides is 1. The molecule has 0 saturated carbocycles. The summed E-state index contributed by atoms with van der Waals surface area (Å²) in [5.41, 5.74) is 1.52. The van der Waals surface area contributed by atoms with E-state index in [1.165, 1.54) is 6.07 Å². The fourth-order valence-electron chi connectivity index (χ4n) is 5.87. The number of amidine groups is 1. The Morgan fingerprint density at radius 1 is 0.881 bits per heavy atom. The Hall–Kier alpha value is -3.78. The molecule has 1 atom stereocenters. The van der Waals surface area contributed by atoms with Crippen LogP contribution in [0.3, 0.4) is 0 Å². The molecule has 220 valence electrons. The van der Waals surface area contributed by atoms with Crippen LogP contribution in [0, 0.1) is 17.8 Å². The fraction of sp³-hybridized carbons (Fsp3) is 0.382. The lowest BCUT2D eigenvalue weighted by Gasteiger charge is -2.42. The Labute approximate surface area is 248 Å². The summed E-state index contributed by atoms with van der Waals surface area (Å²) in [5, 5.41) is 3.06. The second kappa shape index (κ2) is 11.8. The number of carbonyl (C=O) groups is 2. The minimum atomic E-state index is -4.22.